The van der Waals surface area contributed by atoms with Crippen LogP contribution >= 0.6 is 0 Å². The molecule has 0 saturated carbocycles. The van der Waals surface area contributed by atoms with Crippen molar-refractivity contribution in [2.45, 2.75) is 18.4 Å². The van der Waals surface area contributed by atoms with Crippen LogP contribution in [0.2, 0.25) is 0 Å². The maximum absolute atomic E-state index is 12.7. The van der Waals surface area contributed by atoms with E-state index in [-0.39, 0.29) is 17.9 Å². The summed E-state index contributed by atoms with van der Waals surface area (Å²) in [5, 5.41) is 6.81. The Kier molecular flexibility index (Phi) is 4.27. The van der Waals surface area contributed by atoms with Gasteiger partial charge in [-0.25, -0.2) is 4.98 Å². The predicted octanol–water partition coefficient (Wildman–Crippen LogP) is 1.22. The molecule has 8 heteroatoms. The lowest BCUT2D eigenvalue weighted by Crippen LogP contribution is -2.36. The van der Waals surface area contributed by atoms with E-state index in [1.807, 2.05) is 0 Å². The topological polar surface area (TPSA) is 89.6 Å². The summed E-state index contributed by atoms with van der Waals surface area (Å²) in [6.07, 6.45) is 2.26. The number of fused-ring (bicyclic) bond motifs is 1. The zero-order chi connectivity index (χ0) is 17.2. The molecule has 2 aliphatic heterocycles. The number of amides is 1. The number of carbonyl (C=O) groups excluding carboxylic acids is 1. The first kappa shape index (κ1) is 15.9. The first-order valence-corrected chi connectivity index (χ1v) is 8.34. The third kappa shape index (κ3) is 3.17. The molecular weight excluding hydrogens is 324 g/mol. The van der Waals surface area contributed by atoms with Gasteiger partial charge in [-0.05, 0) is 24.6 Å². The van der Waals surface area contributed by atoms with E-state index in [0.717, 1.165) is 12.2 Å². The summed E-state index contributed by atoms with van der Waals surface area (Å²) in [6, 6.07) is 5.27. The molecule has 2 aromatic rings. The smallest absolute Gasteiger partial charge is 0.253 e. The molecule has 0 unspecified atom stereocenters. The number of H-pyrrole nitrogens is 1. The molecule has 2 aliphatic rings. The molecule has 8 nitrogen and oxygen atoms in total. The van der Waals surface area contributed by atoms with E-state index in [1.165, 1.54) is 6.33 Å². The summed E-state index contributed by atoms with van der Waals surface area (Å²) >= 11 is 0. The van der Waals surface area contributed by atoms with E-state index in [1.54, 1.807) is 30.1 Å². The Morgan fingerprint density at radius 2 is 2.12 bits per heavy atom. The van der Waals surface area contributed by atoms with Crippen molar-refractivity contribution >= 4 is 5.91 Å². The lowest BCUT2D eigenvalue weighted by Gasteiger charge is -2.25. The number of benzene rings is 1. The van der Waals surface area contributed by atoms with Gasteiger partial charge in [-0.3, -0.25) is 9.89 Å². The van der Waals surface area contributed by atoms with Crippen LogP contribution in [0.5, 0.6) is 11.5 Å². The van der Waals surface area contributed by atoms with E-state index in [4.69, 9.17) is 14.2 Å². The second-order valence-electron chi connectivity index (χ2n) is 6.22. The van der Waals surface area contributed by atoms with Crippen LogP contribution in [0.15, 0.2) is 24.5 Å². The fraction of sp³-hybridized carbons (Fsp3) is 0.471. The summed E-state index contributed by atoms with van der Waals surface area (Å²) in [7, 11) is 1.78. The van der Waals surface area contributed by atoms with Crippen LogP contribution < -0.4 is 9.47 Å². The molecule has 0 radical (unpaired) electrons. The highest BCUT2D eigenvalue weighted by molar-refractivity contribution is 5.94. The zero-order valence-electron chi connectivity index (χ0n) is 14.0. The van der Waals surface area contributed by atoms with E-state index < -0.39 is 0 Å². The molecule has 1 saturated heterocycles. The maximum atomic E-state index is 12.7. The van der Waals surface area contributed by atoms with Gasteiger partial charge in [0.1, 0.15) is 25.4 Å². The average Bonchev–Trinajstić information content (AvgIpc) is 3.32. The number of aromatic nitrogens is 3. The third-order valence-corrected chi connectivity index (χ3v) is 4.58. The van der Waals surface area contributed by atoms with Crippen molar-refractivity contribution in [2.75, 3.05) is 33.4 Å². The Morgan fingerprint density at radius 3 is 2.92 bits per heavy atom. The standard InChI is InChI=1S/C17H20N4O4/c1-21(9-15-12(4-5-23-15)16-18-10-19-20-16)17(22)11-2-3-13-14(8-11)25-7-6-24-13/h2-3,8,10,12,15H,4-7,9H2,1H3,(H,18,19,20)/t12-,15-/m1/s1. The molecule has 0 aliphatic carbocycles. The first-order chi connectivity index (χ1) is 12.2. The molecule has 132 valence electrons. The molecule has 25 heavy (non-hydrogen) atoms. The van der Waals surface area contributed by atoms with Gasteiger partial charge in [-0.15, -0.1) is 0 Å². The van der Waals surface area contributed by atoms with Crippen LogP contribution in [-0.4, -0.2) is 65.5 Å². The van der Waals surface area contributed by atoms with Gasteiger partial charge in [0.2, 0.25) is 0 Å². The molecule has 1 fully saturated rings. The molecule has 1 N–H and O–H groups in total. The fourth-order valence-electron chi connectivity index (χ4n) is 3.28. The van der Waals surface area contributed by atoms with Gasteiger partial charge in [-0.1, -0.05) is 0 Å². The number of hydrogen-bond donors (Lipinski definition) is 1. The van der Waals surface area contributed by atoms with E-state index in [0.29, 0.717) is 43.4 Å². The number of carbonyl (C=O) groups is 1. The largest absolute Gasteiger partial charge is 0.486 e. The Balaban J connectivity index is 1.45. The molecule has 1 aromatic heterocycles. The minimum Gasteiger partial charge on any atom is -0.486 e. The zero-order valence-corrected chi connectivity index (χ0v) is 14.0. The predicted molar refractivity (Wildman–Crippen MR) is 87.9 cm³/mol. The molecule has 0 bridgehead atoms. The van der Waals surface area contributed by atoms with E-state index >= 15 is 0 Å². The van der Waals surface area contributed by atoms with Gasteiger partial charge in [0.25, 0.3) is 5.91 Å². The van der Waals surface area contributed by atoms with Crippen molar-refractivity contribution in [2.24, 2.45) is 0 Å². The van der Waals surface area contributed by atoms with Crippen molar-refractivity contribution in [1.29, 1.82) is 0 Å². The van der Waals surface area contributed by atoms with E-state index in [2.05, 4.69) is 15.2 Å². The summed E-state index contributed by atoms with van der Waals surface area (Å²) in [6.45, 7) is 2.16. The number of ether oxygens (including phenoxy) is 3. The lowest BCUT2D eigenvalue weighted by molar-refractivity contribution is 0.0549. The minimum atomic E-state index is -0.0980. The lowest BCUT2D eigenvalue weighted by atomic mass is 10.00. The second kappa shape index (κ2) is 6.72. The summed E-state index contributed by atoms with van der Waals surface area (Å²) in [4.78, 5) is 18.6. The fourth-order valence-corrected chi connectivity index (χ4v) is 3.28. The van der Waals surface area contributed by atoms with Crippen molar-refractivity contribution < 1.29 is 19.0 Å². The van der Waals surface area contributed by atoms with Crippen LogP contribution in [0.4, 0.5) is 0 Å². The maximum Gasteiger partial charge on any atom is 0.253 e. The molecule has 3 heterocycles. The number of aromatic amines is 1. The van der Waals surface area contributed by atoms with Crippen LogP contribution in [-0.2, 0) is 4.74 Å². The molecule has 2 atom stereocenters. The molecule has 0 spiro atoms. The number of rotatable bonds is 4. The van der Waals surface area contributed by atoms with E-state index in [9.17, 15) is 4.79 Å². The van der Waals surface area contributed by atoms with Crippen molar-refractivity contribution in [3.63, 3.8) is 0 Å². The molecular formula is C17H20N4O4. The summed E-state index contributed by atoms with van der Waals surface area (Å²) in [5.41, 5.74) is 0.570. The Labute approximate surface area is 145 Å². The molecule has 1 aromatic carbocycles. The number of likely N-dealkylation sites (N-methyl/N-ethyl adjacent to an activating group) is 1. The summed E-state index contributed by atoms with van der Waals surface area (Å²) in [5.74, 6) is 2.14. The number of nitrogens with one attached hydrogen (secondary N) is 1. The summed E-state index contributed by atoms with van der Waals surface area (Å²) < 4.78 is 16.9. The van der Waals surface area contributed by atoms with Gasteiger partial charge >= 0.3 is 0 Å². The Morgan fingerprint density at radius 1 is 1.28 bits per heavy atom. The third-order valence-electron chi connectivity index (χ3n) is 4.58. The molecule has 1 amide bonds. The van der Waals surface area contributed by atoms with Crippen molar-refractivity contribution in [1.82, 2.24) is 20.1 Å². The Bertz CT molecular complexity index is 749. The number of nitrogens with zero attached hydrogens (tertiary/aromatic N) is 3. The van der Waals surface area contributed by atoms with Gasteiger partial charge < -0.3 is 19.1 Å². The van der Waals surface area contributed by atoms with Gasteiger partial charge in [0.15, 0.2) is 11.5 Å². The molecule has 4 rings (SSSR count). The van der Waals surface area contributed by atoms with Crippen LogP contribution in [0, 0.1) is 0 Å². The number of hydrogen-bond acceptors (Lipinski definition) is 6. The van der Waals surface area contributed by atoms with Crippen LogP contribution in [0.1, 0.15) is 28.5 Å². The highest BCUT2D eigenvalue weighted by atomic mass is 16.6. The minimum absolute atomic E-state index is 0.0798. The van der Waals surface area contributed by atoms with Gasteiger partial charge in [0.05, 0.1) is 6.10 Å². The van der Waals surface area contributed by atoms with Crippen molar-refractivity contribution in [3.8, 4) is 11.5 Å². The second-order valence-corrected chi connectivity index (χ2v) is 6.22. The quantitative estimate of drug-likeness (QED) is 0.897. The van der Waals surface area contributed by atoms with Crippen molar-refractivity contribution in [3.05, 3.63) is 35.9 Å². The monoisotopic (exact) mass is 344 g/mol. The van der Waals surface area contributed by atoms with Crippen LogP contribution in [0.25, 0.3) is 0 Å². The highest BCUT2D eigenvalue weighted by Gasteiger charge is 2.33. The first-order valence-electron chi connectivity index (χ1n) is 8.34. The average molecular weight is 344 g/mol. The van der Waals surface area contributed by atoms with Crippen LogP contribution in [0.3, 0.4) is 0 Å². The highest BCUT2D eigenvalue weighted by Crippen LogP contribution is 2.32. The van der Waals surface area contributed by atoms with Gasteiger partial charge in [0, 0.05) is 31.7 Å². The Hall–Kier alpha value is -2.61. The normalized spacial score (nSPS) is 22.0. The van der Waals surface area contributed by atoms with Gasteiger partial charge in [-0.2, -0.15) is 5.10 Å². The SMILES string of the molecule is CN(C[C@H]1OCC[C@H]1c1ncn[nH]1)C(=O)c1ccc2c(c1)OCCO2.